The second kappa shape index (κ2) is 8.07. The smallest absolute Gasteiger partial charge is 0.244 e. The summed E-state index contributed by atoms with van der Waals surface area (Å²) in [7, 11) is 2.26. The van der Waals surface area contributed by atoms with Gasteiger partial charge in [0.25, 0.3) is 0 Å². The number of piperazine rings is 1. The molecule has 3 fully saturated rings. The fourth-order valence-electron chi connectivity index (χ4n) is 4.84. The molecule has 0 aliphatic carbocycles. The third-order valence-electron chi connectivity index (χ3n) is 6.54. The van der Waals surface area contributed by atoms with Crippen molar-refractivity contribution in [2.45, 2.75) is 37.8 Å². The van der Waals surface area contributed by atoms with Crippen LogP contribution < -0.4 is 4.90 Å². The Bertz CT molecular complexity index is 599. The number of carbonyl (C=O) groups is 1. The number of hydrogen-bond donors (Lipinski definition) is 0. The van der Waals surface area contributed by atoms with Gasteiger partial charge in [-0.05, 0) is 58.0 Å². The molecule has 2 atom stereocenters. The van der Waals surface area contributed by atoms with Crippen molar-refractivity contribution in [3.8, 4) is 0 Å². The Morgan fingerprint density at radius 2 is 1.73 bits per heavy atom. The Balaban J connectivity index is 1.25. The summed E-state index contributed by atoms with van der Waals surface area (Å²) in [6.07, 6.45) is 4.97. The van der Waals surface area contributed by atoms with Gasteiger partial charge in [-0.2, -0.15) is 0 Å². The van der Waals surface area contributed by atoms with Crippen LogP contribution in [0.4, 0.5) is 5.69 Å². The number of amides is 1. The van der Waals surface area contributed by atoms with E-state index in [1.165, 1.54) is 32.4 Å². The molecule has 0 saturated carbocycles. The number of nitrogens with zero attached hydrogens (tertiary/aromatic N) is 4. The summed E-state index contributed by atoms with van der Waals surface area (Å²) in [5.41, 5.74) is 1.04. The Morgan fingerprint density at radius 1 is 0.962 bits per heavy atom. The van der Waals surface area contributed by atoms with Gasteiger partial charge in [0.1, 0.15) is 0 Å². The molecule has 0 N–H and O–H groups in total. The Hall–Kier alpha value is -1.43. The van der Waals surface area contributed by atoms with E-state index in [-0.39, 0.29) is 11.9 Å². The highest BCUT2D eigenvalue weighted by atomic mass is 16.2. The Kier molecular flexibility index (Phi) is 5.57. The molecule has 3 saturated heterocycles. The third-order valence-corrected chi connectivity index (χ3v) is 6.54. The van der Waals surface area contributed by atoms with Crippen LogP contribution in [0, 0.1) is 0 Å². The predicted molar refractivity (Wildman–Crippen MR) is 105 cm³/mol. The highest BCUT2D eigenvalue weighted by Gasteiger charge is 2.37. The van der Waals surface area contributed by atoms with Gasteiger partial charge in [-0.1, -0.05) is 18.2 Å². The van der Waals surface area contributed by atoms with Crippen molar-refractivity contribution in [2.75, 3.05) is 57.8 Å². The molecule has 0 bridgehead atoms. The molecule has 3 aliphatic rings. The van der Waals surface area contributed by atoms with Gasteiger partial charge in [-0.3, -0.25) is 9.69 Å². The van der Waals surface area contributed by atoms with Crippen molar-refractivity contribution >= 4 is 11.6 Å². The van der Waals surface area contributed by atoms with Crippen molar-refractivity contribution in [2.24, 2.45) is 0 Å². The second-order valence-electron chi connectivity index (χ2n) is 8.07. The monoisotopic (exact) mass is 356 g/mol. The van der Waals surface area contributed by atoms with E-state index in [2.05, 4.69) is 21.7 Å². The molecule has 3 heterocycles. The molecular formula is C21H32N4O. The number of benzene rings is 1. The summed E-state index contributed by atoms with van der Waals surface area (Å²) < 4.78 is 0. The van der Waals surface area contributed by atoms with Gasteiger partial charge in [0.05, 0.1) is 6.04 Å². The zero-order valence-corrected chi connectivity index (χ0v) is 16.0. The van der Waals surface area contributed by atoms with Gasteiger partial charge in [0.15, 0.2) is 0 Å². The lowest BCUT2D eigenvalue weighted by molar-refractivity contribution is -0.122. The van der Waals surface area contributed by atoms with Gasteiger partial charge >= 0.3 is 0 Å². The summed E-state index contributed by atoms with van der Waals surface area (Å²) in [4.78, 5) is 22.4. The quantitative estimate of drug-likeness (QED) is 0.806. The first-order valence-corrected chi connectivity index (χ1v) is 10.3. The minimum absolute atomic E-state index is 0.0818. The molecule has 1 aromatic carbocycles. The van der Waals surface area contributed by atoms with Gasteiger partial charge in [-0.25, -0.2) is 0 Å². The molecular weight excluding hydrogens is 324 g/mol. The van der Waals surface area contributed by atoms with Gasteiger partial charge in [0, 0.05) is 44.5 Å². The van der Waals surface area contributed by atoms with Crippen LogP contribution in [0.2, 0.25) is 0 Å². The Morgan fingerprint density at radius 3 is 2.42 bits per heavy atom. The van der Waals surface area contributed by atoms with E-state index < -0.39 is 0 Å². The molecule has 142 valence electrons. The van der Waals surface area contributed by atoms with Gasteiger partial charge < -0.3 is 14.7 Å². The summed E-state index contributed by atoms with van der Waals surface area (Å²) in [6, 6.07) is 11.0. The van der Waals surface area contributed by atoms with E-state index in [4.69, 9.17) is 0 Å². The van der Waals surface area contributed by atoms with Crippen LogP contribution in [0.5, 0.6) is 0 Å². The van der Waals surface area contributed by atoms with E-state index >= 15 is 0 Å². The fraction of sp³-hybridized carbons (Fsp3) is 0.667. The fourth-order valence-corrected chi connectivity index (χ4v) is 4.84. The maximum absolute atomic E-state index is 12.9. The maximum Gasteiger partial charge on any atom is 0.244 e. The molecule has 2 unspecified atom stereocenters. The minimum atomic E-state index is 0.0818. The van der Waals surface area contributed by atoms with Crippen LogP contribution in [-0.4, -0.2) is 85.6 Å². The molecule has 3 aliphatic heterocycles. The summed E-state index contributed by atoms with van der Waals surface area (Å²) in [5.74, 6) is 0.289. The largest absolute Gasteiger partial charge is 0.311 e. The van der Waals surface area contributed by atoms with Crippen LogP contribution in [0.25, 0.3) is 0 Å². The normalized spacial score (nSPS) is 29.0. The Labute approximate surface area is 157 Å². The number of hydrogen-bond acceptors (Lipinski definition) is 4. The summed E-state index contributed by atoms with van der Waals surface area (Å²) in [5, 5.41) is 0. The van der Waals surface area contributed by atoms with Crippen LogP contribution >= 0.6 is 0 Å². The first-order chi connectivity index (χ1) is 12.7. The molecule has 1 aromatic rings. The predicted octanol–water partition coefficient (Wildman–Crippen LogP) is 1.89. The second-order valence-corrected chi connectivity index (χ2v) is 8.07. The topological polar surface area (TPSA) is 30.0 Å². The van der Waals surface area contributed by atoms with Crippen LogP contribution in [0.15, 0.2) is 30.3 Å². The van der Waals surface area contributed by atoms with Crippen LogP contribution in [0.1, 0.15) is 25.7 Å². The molecule has 26 heavy (non-hydrogen) atoms. The minimum Gasteiger partial charge on any atom is -0.311 e. The van der Waals surface area contributed by atoms with Crippen molar-refractivity contribution < 1.29 is 4.79 Å². The number of rotatable bonds is 5. The number of likely N-dealkylation sites (tertiary alicyclic amines) is 1. The molecule has 0 radical (unpaired) electrons. The van der Waals surface area contributed by atoms with E-state index in [9.17, 15) is 4.79 Å². The zero-order chi connectivity index (χ0) is 17.9. The maximum atomic E-state index is 12.9. The first kappa shape index (κ1) is 18.0. The lowest BCUT2D eigenvalue weighted by atomic mass is 10.1. The molecule has 0 aromatic heterocycles. The van der Waals surface area contributed by atoms with Crippen LogP contribution in [0.3, 0.4) is 0 Å². The van der Waals surface area contributed by atoms with Crippen molar-refractivity contribution in [1.29, 1.82) is 0 Å². The van der Waals surface area contributed by atoms with Crippen molar-refractivity contribution in [1.82, 2.24) is 14.7 Å². The summed E-state index contributed by atoms with van der Waals surface area (Å²) >= 11 is 0. The summed E-state index contributed by atoms with van der Waals surface area (Å²) in [6.45, 7) is 7.58. The SMILES string of the molecule is CN1CCCC1CCN1CCN(C2CCN(c3ccccc3)C2=O)CC1. The molecule has 1 amide bonds. The average Bonchev–Trinajstić information content (AvgIpc) is 3.27. The van der Waals surface area contributed by atoms with E-state index in [1.54, 1.807) is 0 Å². The molecule has 5 nitrogen and oxygen atoms in total. The lowest BCUT2D eigenvalue weighted by Crippen LogP contribution is -2.53. The van der Waals surface area contributed by atoms with Gasteiger partial charge in [-0.15, -0.1) is 0 Å². The molecule has 4 rings (SSSR count). The van der Waals surface area contributed by atoms with Crippen molar-refractivity contribution in [3.05, 3.63) is 30.3 Å². The molecule has 0 spiro atoms. The van der Waals surface area contributed by atoms with E-state index in [1.807, 2.05) is 35.2 Å². The first-order valence-electron chi connectivity index (χ1n) is 10.3. The number of anilines is 1. The highest BCUT2D eigenvalue weighted by molar-refractivity contribution is 5.99. The van der Waals surface area contributed by atoms with Crippen LogP contribution in [-0.2, 0) is 4.79 Å². The average molecular weight is 357 g/mol. The van der Waals surface area contributed by atoms with E-state index in [0.717, 1.165) is 50.9 Å². The third kappa shape index (κ3) is 3.80. The number of para-hydroxylation sites is 1. The highest BCUT2D eigenvalue weighted by Crippen LogP contribution is 2.25. The number of carbonyl (C=O) groups excluding carboxylic acids is 1. The molecule has 5 heteroatoms. The lowest BCUT2D eigenvalue weighted by Gasteiger charge is -2.37. The standard InChI is InChI=1S/C21H32N4O/c1-22-11-5-8-18(22)9-12-23-14-16-24(17-15-23)20-10-13-25(21(20)26)19-6-3-2-4-7-19/h2-4,6-7,18,20H,5,8-17H2,1H3. The van der Waals surface area contributed by atoms with Crippen molar-refractivity contribution in [3.63, 3.8) is 0 Å². The van der Waals surface area contributed by atoms with Gasteiger partial charge in [0.2, 0.25) is 5.91 Å². The van der Waals surface area contributed by atoms with E-state index in [0.29, 0.717) is 0 Å². The zero-order valence-electron chi connectivity index (χ0n) is 16.0.